The van der Waals surface area contributed by atoms with Crippen molar-refractivity contribution >= 4 is 17.5 Å². The second kappa shape index (κ2) is 8.14. The largest absolute Gasteiger partial charge is 0.495 e. The molecule has 0 unspecified atom stereocenters. The maximum Gasteiger partial charge on any atom is 0.249 e. The zero-order chi connectivity index (χ0) is 15.8. The Labute approximate surface area is 130 Å². The van der Waals surface area contributed by atoms with Crippen molar-refractivity contribution in [3.8, 4) is 5.75 Å². The maximum absolute atomic E-state index is 5.29. The highest BCUT2D eigenvalue weighted by Gasteiger charge is 2.05. The minimum absolute atomic E-state index is 0.433. The van der Waals surface area contributed by atoms with Gasteiger partial charge in [-0.2, -0.15) is 10.1 Å². The van der Waals surface area contributed by atoms with Crippen molar-refractivity contribution in [3.05, 3.63) is 30.5 Å². The van der Waals surface area contributed by atoms with Crippen LogP contribution >= 0.6 is 0 Å². The third kappa shape index (κ3) is 4.85. The molecule has 7 nitrogen and oxygen atoms in total. The van der Waals surface area contributed by atoms with Crippen LogP contribution in [0.1, 0.15) is 6.42 Å². The minimum atomic E-state index is 0.433. The van der Waals surface area contributed by atoms with E-state index in [4.69, 9.17) is 4.74 Å². The van der Waals surface area contributed by atoms with Crippen molar-refractivity contribution in [1.29, 1.82) is 0 Å². The summed E-state index contributed by atoms with van der Waals surface area (Å²) in [5, 5.41) is 14.3. The molecule has 0 saturated carbocycles. The smallest absolute Gasteiger partial charge is 0.249 e. The van der Waals surface area contributed by atoms with Gasteiger partial charge in [0.25, 0.3) is 0 Å². The molecule has 1 aromatic carbocycles. The van der Waals surface area contributed by atoms with Crippen molar-refractivity contribution in [2.45, 2.75) is 6.42 Å². The van der Waals surface area contributed by atoms with Gasteiger partial charge >= 0.3 is 0 Å². The molecule has 0 aliphatic rings. The summed E-state index contributed by atoms with van der Waals surface area (Å²) in [6.07, 6.45) is 2.65. The van der Waals surface area contributed by atoms with Crippen LogP contribution in [0.25, 0.3) is 0 Å². The molecule has 2 rings (SSSR count). The fourth-order valence-electron chi connectivity index (χ4n) is 1.92. The molecule has 1 aromatic heterocycles. The highest BCUT2D eigenvalue weighted by molar-refractivity contribution is 5.62. The summed E-state index contributed by atoms with van der Waals surface area (Å²) in [5.41, 5.74) is 0.802. The van der Waals surface area contributed by atoms with Gasteiger partial charge in [-0.3, -0.25) is 0 Å². The van der Waals surface area contributed by atoms with Crippen LogP contribution in [0.4, 0.5) is 17.5 Å². The topological polar surface area (TPSA) is 75.2 Å². The van der Waals surface area contributed by atoms with E-state index in [1.807, 2.05) is 24.3 Å². The Kier molecular flexibility index (Phi) is 5.91. The third-order valence-electron chi connectivity index (χ3n) is 3.00. The van der Waals surface area contributed by atoms with E-state index in [0.29, 0.717) is 11.8 Å². The van der Waals surface area contributed by atoms with E-state index in [-0.39, 0.29) is 0 Å². The van der Waals surface area contributed by atoms with Crippen LogP contribution in [-0.2, 0) is 0 Å². The highest BCUT2D eigenvalue weighted by atomic mass is 16.5. The lowest BCUT2D eigenvalue weighted by Gasteiger charge is -2.11. The minimum Gasteiger partial charge on any atom is -0.495 e. The van der Waals surface area contributed by atoms with E-state index in [0.717, 1.165) is 30.9 Å². The monoisotopic (exact) mass is 302 g/mol. The number of para-hydroxylation sites is 2. The van der Waals surface area contributed by atoms with Crippen LogP contribution in [-0.4, -0.2) is 54.4 Å². The molecule has 0 spiro atoms. The Hall–Kier alpha value is -2.41. The Bertz CT molecular complexity index is 590. The molecule has 1 heterocycles. The van der Waals surface area contributed by atoms with Gasteiger partial charge in [0.1, 0.15) is 5.75 Å². The number of nitrogens with one attached hydrogen (secondary N) is 2. The van der Waals surface area contributed by atoms with Crippen molar-refractivity contribution in [2.24, 2.45) is 0 Å². The summed E-state index contributed by atoms with van der Waals surface area (Å²) >= 11 is 0. The number of anilines is 3. The molecular weight excluding hydrogens is 280 g/mol. The van der Waals surface area contributed by atoms with Crippen LogP contribution in [0, 0.1) is 0 Å². The zero-order valence-electron chi connectivity index (χ0n) is 13.2. The predicted octanol–water partition coefficient (Wildman–Crippen LogP) is 1.99. The molecule has 0 aliphatic heterocycles. The SMILES string of the molecule is COc1ccccc1Nc1nncc(NCCCN(C)C)n1. The van der Waals surface area contributed by atoms with Crippen LogP contribution in [0.3, 0.4) is 0 Å². The van der Waals surface area contributed by atoms with E-state index in [2.05, 4.69) is 44.8 Å². The Balaban J connectivity index is 1.96. The molecule has 2 N–H and O–H groups in total. The zero-order valence-corrected chi connectivity index (χ0v) is 13.2. The molecule has 0 aliphatic carbocycles. The first-order chi connectivity index (χ1) is 10.7. The Morgan fingerprint density at radius 1 is 1.23 bits per heavy atom. The van der Waals surface area contributed by atoms with Gasteiger partial charge in [0.05, 0.1) is 19.0 Å². The summed E-state index contributed by atoms with van der Waals surface area (Å²) in [5.74, 6) is 1.86. The Morgan fingerprint density at radius 2 is 2.05 bits per heavy atom. The molecule has 0 radical (unpaired) electrons. The van der Waals surface area contributed by atoms with E-state index < -0.39 is 0 Å². The van der Waals surface area contributed by atoms with Gasteiger partial charge in [-0.1, -0.05) is 12.1 Å². The van der Waals surface area contributed by atoms with E-state index in [1.54, 1.807) is 13.3 Å². The normalized spacial score (nSPS) is 10.5. The van der Waals surface area contributed by atoms with Crippen molar-refractivity contribution < 1.29 is 4.74 Å². The van der Waals surface area contributed by atoms with Crippen molar-refractivity contribution in [1.82, 2.24) is 20.1 Å². The molecule has 7 heteroatoms. The van der Waals surface area contributed by atoms with Gasteiger partial charge in [-0.15, -0.1) is 5.10 Å². The van der Waals surface area contributed by atoms with Gasteiger partial charge < -0.3 is 20.3 Å². The number of rotatable bonds is 8. The fourth-order valence-corrected chi connectivity index (χ4v) is 1.92. The predicted molar refractivity (Wildman–Crippen MR) is 87.8 cm³/mol. The Morgan fingerprint density at radius 3 is 2.82 bits per heavy atom. The van der Waals surface area contributed by atoms with E-state index >= 15 is 0 Å². The van der Waals surface area contributed by atoms with Gasteiger partial charge in [-0.25, -0.2) is 0 Å². The van der Waals surface area contributed by atoms with Crippen LogP contribution in [0.15, 0.2) is 30.5 Å². The van der Waals surface area contributed by atoms with Crippen molar-refractivity contribution in [2.75, 3.05) is 44.9 Å². The average Bonchev–Trinajstić information content (AvgIpc) is 2.52. The number of aromatic nitrogens is 3. The number of hydrogen-bond donors (Lipinski definition) is 2. The van der Waals surface area contributed by atoms with Crippen LogP contribution in [0.2, 0.25) is 0 Å². The lowest BCUT2D eigenvalue weighted by molar-refractivity contribution is 0.405. The summed E-state index contributed by atoms with van der Waals surface area (Å²) in [6.45, 7) is 1.86. The number of hydrogen-bond acceptors (Lipinski definition) is 7. The number of methoxy groups -OCH3 is 1. The first kappa shape index (κ1) is 16.0. The molecule has 22 heavy (non-hydrogen) atoms. The summed E-state index contributed by atoms with van der Waals surface area (Å²) in [4.78, 5) is 6.54. The molecule has 0 amide bonds. The molecule has 0 bridgehead atoms. The fraction of sp³-hybridized carbons (Fsp3) is 0.400. The van der Waals surface area contributed by atoms with Gasteiger partial charge in [0.2, 0.25) is 5.95 Å². The highest BCUT2D eigenvalue weighted by Crippen LogP contribution is 2.25. The molecule has 118 valence electrons. The molecule has 0 atom stereocenters. The second-order valence-corrected chi connectivity index (χ2v) is 5.07. The lowest BCUT2D eigenvalue weighted by Crippen LogP contribution is -2.17. The standard InChI is InChI=1S/C15H22N6O/c1-21(2)10-6-9-16-14-11-17-20-15(19-14)18-12-7-4-5-8-13(12)22-3/h4-5,7-8,11H,6,9-10H2,1-3H3,(H2,16,18,19,20). The summed E-state index contributed by atoms with van der Waals surface area (Å²) in [6, 6.07) is 7.60. The van der Waals surface area contributed by atoms with E-state index in [9.17, 15) is 0 Å². The van der Waals surface area contributed by atoms with Gasteiger partial charge in [0, 0.05) is 6.54 Å². The first-order valence-corrected chi connectivity index (χ1v) is 7.17. The molecule has 2 aromatic rings. The average molecular weight is 302 g/mol. The third-order valence-corrected chi connectivity index (χ3v) is 3.00. The maximum atomic E-state index is 5.29. The van der Waals surface area contributed by atoms with Gasteiger partial charge in [0.15, 0.2) is 5.82 Å². The lowest BCUT2D eigenvalue weighted by atomic mass is 10.3. The number of ether oxygens (including phenoxy) is 1. The number of nitrogens with zero attached hydrogens (tertiary/aromatic N) is 4. The molecule has 0 saturated heterocycles. The van der Waals surface area contributed by atoms with Crippen LogP contribution in [0.5, 0.6) is 5.75 Å². The summed E-state index contributed by atoms with van der Waals surface area (Å²) < 4.78 is 5.29. The van der Waals surface area contributed by atoms with Crippen LogP contribution < -0.4 is 15.4 Å². The summed E-state index contributed by atoms with van der Waals surface area (Å²) in [7, 11) is 5.74. The second-order valence-electron chi connectivity index (χ2n) is 5.07. The van der Waals surface area contributed by atoms with E-state index in [1.165, 1.54) is 0 Å². The first-order valence-electron chi connectivity index (χ1n) is 7.17. The number of benzene rings is 1. The molecule has 0 fully saturated rings. The van der Waals surface area contributed by atoms with Gasteiger partial charge in [-0.05, 0) is 39.2 Å². The quantitative estimate of drug-likeness (QED) is 0.722. The molecular formula is C15H22N6O. The van der Waals surface area contributed by atoms with Crippen molar-refractivity contribution in [3.63, 3.8) is 0 Å².